The van der Waals surface area contributed by atoms with Crippen LogP contribution in [0, 0.1) is 5.92 Å². The minimum atomic E-state index is 0.0203. The van der Waals surface area contributed by atoms with E-state index in [1.807, 2.05) is 52.3 Å². The summed E-state index contributed by atoms with van der Waals surface area (Å²) in [6, 6.07) is 13.3. The Hall–Kier alpha value is -3.19. The highest BCUT2D eigenvalue weighted by Crippen LogP contribution is 2.28. The molecule has 7 nitrogen and oxygen atoms in total. The van der Waals surface area contributed by atoms with Gasteiger partial charge >= 0.3 is 0 Å². The number of benzene rings is 1. The SMILES string of the molecule is CCN1CCN(C(=O)CC2CCN(C(=O)c3cc(-c4ccco4)nc4ccccc34)CC2)CC1. The van der Waals surface area contributed by atoms with Crippen LogP contribution in [0.4, 0.5) is 0 Å². The molecule has 0 N–H and O–H groups in total. The van der Waals surface area contributed by atoms with E-state index in [0.29, 0.717) is 42.4 Å². The Bertz CT molecular complexity index is 1140. The number of piperazine rings is 1. The van der Waals surface area contributed by atoms with Gasteiger partial charge in [-0.05, 0) is 49.6 Å². The van der Waals surface area contributed by atoms with Crippen LogP contribution < -0.4 is 0 Å². The van der Waals surface area contributed by atoms with Gasteiger partial charge in [-0.1, -0.05) is 25.1 Å². The molecule has 7 heteroatoms. The summed E-state index contributed by atoms with van der Waals surface area (Å²) in [4.78, 5) is 37.4. The van der Waals surface area contributed by atoms with Gasteiger partial charge in [-0.3, -0.25) is 9.59 Å². The van der Waals surface area contributed by atoms with Crippen molar-refractivity contribution in [2.45, 2.75) is 26.2 Å². The molecule has 0 bridgehead atoms. The summed E-state index contributed by atoms with van der Waals surface area (Å²) < 4.78 is 5.54. The van der Waals surface area contributed by atoms with Gasteiger partial charge in [-0.2, -0.15) is 0 Å². The number of likely N-dealkylation sites (tertiary alicyclic amines) is 1. The van der Waals surface area contributed by atoms with Crippen LogP contribution in [0.3, 0.4) is 0 Å². The van der Waals surface area contributed by atoms with Gasteiger partial charge in [0.25, 0.3) is 5.91 Å². The van der Waals surface area contributed by atoms with Crippen molar-refractivity contribution in [2.24, 2.45) is 5.92 Å². The van der Waals surface area contributed by atoms with Gasteiger partial charge in [-0.15, -0.1) is 0 Å². The topological polar surface area (TPSA) is 69.9 Å². The van der Waals surface area contributed by atoms with Crippen LogP contribution in [0.15, 0.2) is 53.1 Å². The fourth-order valence-electron chi connectivity index (χ4n) is 5.10. The van der Waals surface area contributed by atoms with Gasteiger partial charge in [0.2, 0.25) is 5.91 Å². The van der Waals surface area contributed by atoms with Crippen molar-refractivity contribution in [3.05, 3.63) is 54.3 Å². The predicted octanol–water partition coefficient (Wildman–Crippen LogP) is 3.90. The Morgan fingerprint density at radius 2 is 1.74 bits per heavy atom. The number of aromatic nitrogens is 1. The molecule has 0 unspecified atom stereocenters. The molecule has 2 saturated heterocycles. The van der Waals surface area contributed by atoms with Gasteiger partial charge in [-0.25, -0.2) is 4.98 Å². The van der Waals surface area contributed by atoms with Crippen molar-refractivity contribution < 1.29 is 14.0 Å². The van der Waals surface area contributed by atoms with Crippen molar-refractivity contribution in [3.8, 4) is 11.5 Å². The Morgan fingerprint density at radius 1 is 0.971 bits per heavy atom. The Balaban J connectivity index is 1.24. The molecule has 2 aliphatic heterocycles. The first kappa shape index (κ1) is 22.6. The van der Waals surface area contributed by atoms with Crippen LogP contribution in [0.1, 0.15) is 36.5 Å². The molecule has 0 radical (unpaired) electrons. The van der Waals surface area contributed by atoms with E-state index in [4.69, 9.17) is 9.40 Å². The third kappa shape index (κ3) is 4.71. The zero-order valence-electron chi connectivity index (χ0n) is 19.8. The molecule has 0 spiro atoms. The maximum atomic E-state index is 13.6. The second-order valence-electron chi connectivity index (χ2n) is 9.30. The lowest BCUT2D eigenvalue weighted by molar-refractivity contribution is -0.134. The molecule has 2 fully saturated rings. The lowest BCUT2D eigenvalue weighted by Crippen LogP contribution is -2.49. The second kappa shape index (κ2) is 9.97. The third-order valence-corrected chi connectivity index (χ3v) is 7.26. The summed E-state index contributed by atoms with van der Waals surface area (Å²) in [7, 11) is 0. The minimum Gasteiger partial charge on any atom is -0.463 e. The van der Waals surface area contributed by atoms with E-state index in [9.17, 15) is 9.59 Å². The fraction of sp³-hybridized carbons (Fsp3) is 0.444. The van der Waals surface area contributed by atoms with Gasteiger partial charge < -0.3 is 19.1 Å². The summed E-state index contributed by atoms with van der Waals surface area (Å²) in [5.74, 6) is 1.28. The summed E-state index contributed by atoms with van der Waals surface area (Å²) in [6.45, 7) is 8.15. The highest BCUT2D eigenvalue weighted by atomic mass is 16.3. The number of hydrogen-bond acceptors (Lipinski definition) is 5. The number of para-hydroxylation sites is 1. The van der Waals surface area contributed by atoms with E-state index >= 15 is 0 Å². The first-order chi connectivity index (χ1) is 16.6. The number of furan rings is 1. The summed E-state index contributed by atoms with van der Waals surface area (Å²) in [5, 5.41) is 0.853. The van der Waals surface area contributed by atoms with Gasteiger partial charge in [0.05, 0.1) is 17.3 Å². The van der Waals surface area contributed by atoms with Gasteiger partial charge in [0.1, 0.15) is 5.69 Å². The van der Waals surface area contributed by atoms with Crippen molar-refractivity contribution in [3.63, 3.8) is 0 Å². The Labute approximate surface area is 200 Å². The predicted molar refractivity (Wildman–Crippen MR) is 131 cm³/mol. The molecule has 0 aliphatic carbocycles. The molecule has 0 atom stereocenters. The number of fused-ring (bicyclic) bond motifs is 1. The van der Waals surface area contributed by atoms with Crippen LogP contribution in [0.25, 0.3) is 22.4 Å². The average Bonchev–Trinajstić information content (AvgIpc) is 3.43. The van der Waals surface area contributed by atoms with Crippen LogP contribution in [-0.2, 0) is 4.79 Å². The highest BCUT2D eigenvalue weighted by molar-refractivity contribution is 6.07. The van der Waals surface area contributed by atoms with Crippen LogP contribution in [0.5, 0.6) is 0 Å². The van der Waals surface area contributed by atoms with E-state index in [1.165, 1.54) is 0 Å². The molecule has 0 saturated carbocycles. The van der Waals surface area contributed by atoms with Crippen molar-refractivity contribution >= 4 is 22.7 Å². The maximum Gasteiger partial charge on any atom is 0.254 e. The zero-order valence-corrected chi connectivity index (χ0v) is 19.8. The molecule has 2 aromatic heterocycles. The monoisotopic (exact) mass is 460 g/mol. The summed E-state index contributed by atoms with van der Waals surface area (Å²) in [6.07, 6.45) is 3.93. The van der Waals surface area contributed by atoms with Crippen molar-refractivity contribution in [1.29, 1.82) is 0 Å². The standard InChI is InChI=1S/C27H32N4O3/c1-2-29-13-15-30(16-14-29)26(32)18-20-9-11-31(12-10-20)27(33)22-19-24(25-8-5-17-34-25)28-23-7-4-3-6-21(22)23/h3-8,17,19-20H,2,9-16,18H2,1H3. The molecule has 178 valence electrons. The molecule has 2 aliphatic rings. The number of carbonyl (C=O) groups is 2. The number of likely N-dealkylation sites (N-methyl/N-ethyl adjacent to an activating group) is 1. The van der Waals surface area contributed by atoms with Crippen molar-refractivity contribution in [1.82, 2.24) is 19.7 Å². The summed E-state index contributed by atoms with van der Waals surface area (Å²) >= 11 is 0. The molecule has 2 amide bonds. The average molecular weight is 461 g/mol. The smallest absolute Gasteiger partial charge is 0.254 e. The summed E-state index contributed by atoms with van der Waals surface area (Å²) in [5.41, 5.74) is 2.10. The number of carbonyl (C=O) groups excluding carboxylic acids is 2. The normalized spacial score (nSPS) is 17.9. The number of hydrogen-bond donors (Lipinski definition) is 0. The Morgan fingerprint density at radius 3 is 2.44 bits per heavy atom. The molecule has 4 heterocycles. The third-order valence-electron chi connectivity index (χ3n) is 7.26. The number of amides is 2. The van der Waals surface area contributed by atoms with Crippen LogP contribution in [0.2, 0.25) is 0 Å². The van der Waals surface area contributed by atoms with Crippen LogP contribution in [-0.4, -0.2) is 77.3 Å². The molecular formula is C27H32N4O3. The molecule has 5 rings (SSSR count). The second-order valence-corrected chi connectivity index (χ2v) is 9.30. The first-order valence-corrected chi connectivity index (χ1v) is 12.4. The van der Waals surface area contributed by atoms with E-state index in [2.05, 4.69) is 11.8 Å². The lowest BCUT2D eigenvalue weighted by Gasteiger charge is -2.36. The van der Waals surface area contributed by atoms with Gasteiger partial charge in [0, 0.05) is 51.1 Å². The largest absolute Gasteiger partial charge is 0.463 e. The number of rotatable bonds is 5. The highest BCUT2D eigenvalue weighted by Gasteiger charge is 2.29. The number of pyridine rings is 1. The van der Waals surface area contributed by atoms with E-state index in [0.717, 1.165) is 56.5 Å². The number of nitrogens with zero attached hydrogens (tertiary/aromatic N) is 4. The Kier molecular flexibility index (Phi) is 6.63. The minimum absolute atomic E-state index is 0.0203. The first-order valence-electron chi connectivity index (χ1n) is 12.4. The maximum absolute atomic E-state index is 13.6. The van der Waals surface area contributed by atoms with Crippen molar-refractivity contribution in [2.75, 3.05) is 45.8 Å². The van der Waals surface area contributed by atoms with E-state index in [-0.39, 0.29) is 11.8 Å². The lowest BCUT2D eigenvalue weighted by atomic mass is 9.92. The molecule has 3 aromatic rings. The molecular weight excluding hydrogens is 428 g/mol. The van der Waals surface area contributed by atoms with Crippen LogP contribution >= 0.6 is 0 Å². The molecule has 1 aromatic carbocycles. The quantitative estimate of drug-likeness (QED) is 0.578. The van der Waals surface area contributed by atoms with Gasteiger partial charge in [0.15, 0.2) is 5.76 Å². The fourth-order valence-corrected chi connectivity index (χ4v) is 5.10. The van der Waals surface area contributed by atoms with E-state index in [1.54, 1.807) is 6.26 Å². The van der Waals surface area contributed by atoms with E-state index < -0.39 is 0 Å². The number of piperidine rings is 1. The molecule has 34 heavy (non-hydrogen) atoms. The zero-order chi connectivity index (χ0) is 23.5.